The Kier molecular flexibility index (Phi) is 6.96. The molecule has 1 fully saturated rings. The van der Waals surface area contributed by atoms with Crippen LogP contribution in [0.2, 0.25) is 0 Å². The quantitative estimate of drug-likeness (QED) is 0.251. The first-order valence-corrected chi connectivity index (χ1v) is 13.3. The van der Waals surface area contributed by atoms with Crippen molar-refractivity contribution in [3.63, 3.8) is 0 Å². The number of aliphatic hydroxyl groups excluding tert-OH is 1. The van der Waals surface area contributed by atoms with Crippen LogP contribution in [-0.2, 0) is 0 Å². The molecule has 1 aliphatic rings. The number of halogens is 2. The summed E-state index contributed by atoms with van der Waals surface area (Å²) < 4.78 is 23.7. The molecule has 1 aliphatic heterocycles. The lowest BCUT2D eigenvalue weighted by Gasteiger charge is -2.40. The highest BCUT2D eigenvalue weighted by atomic mass is 79.9. The number of nitrogens with one attached hydrogen (secondary N) is 1. The topological polar surface area (TPSA) is 154 Å². The second-order valence-electron chi connectivity index (χ2n) is 9.34. The molecule has 41 heavy (non-hydrogen) atoms. The molecular formula is C26H23BrFN9O4. The van der Waals surface area contributed by atoms with Crippen LogP contribution in [0.1, 0.15) is 5.56 Å². The molecular weight excluding hydrogens is 601 g/mol. The van der Waals surface area contributed by atoms with E-state index < -0.39 is 18.0 Å². The molecule has 13 nitrogen and oxygen atoms in total. The fraction of sp³-hybridized carbons (Fsp3) is 0.231. The largest absolute Gasteiger partial charge is 0.465 e. The third-order valence-electron chi connectivity index (χ3n) is 6.85. The SMILES string of the molecule is Cc1c(Oc2ccn3ncnc3c2)ccc(Nc2ncnc3cc(Br)c(N4CCN(C(=O)O)[C@H](CO)C4)nc23)c1F. The Hall–Kier alpha value is -4.63. The van der Waals surface area contributed by atoms with Gasteiger partial charge in [-0.2, -0.15) is 5.10 Å². The Labute approximate surface area is 240 Å². The number of rotatable bonds is 6. The number of aliphatic hydroxyl groups is 1. The average Bonchev–Trinajstić information content (AvgIpc) is 3.44. The van der Waals surface area contributed by atoms with E-state index in [-0.39, 0.29) is 36.8 Å². The zero-order valence-electron chi connectivity index (χ0n) is 21.6. The molecule has 0 bridgehead atoms. The minimum absolute atomic E-state index is 0.171. The number of anilines is 3. The van der Waals surface area contributed by atoms with Gasteiger partial charge in [-0.1, -0.05) is 0 Å². The summed E-state index contributed by atoms with van der Waals surface area (Å²) in [4.78, 5) is 32.1. The summed E-state index contributed by atoms with van der Waals surface area (Å²) in [7, 11) is 0. The van der Waals surface area contributed by atoms with Gasteiger partial charge in [0.25, 0.3) is 0 Å². The lowest BCUT2D eigenvalue weighted by Crippen LogP contribution is -2.56. The van der Waals surface area contributed by atoms with Crippen LogP contribution >= 0.6 is 15.9 Å². The predicted molar refractivity (Wildman–Crippen MR) is 150 cm³/mol. The van der Waals surface area contributed by atoms with E-state index in [1.54, 1.807) is 48.0 Å². The standard InChI is InChI=1S/C26H23BrFN9O4/c1-14-20(41-16-4-5-37-21(8-16)30-13-32-37)3-2-18(22(14)28)33-24-23-19(29-12-31-24)9-17(27)25(34-23)35-6-7-36(26(39)40)15(10-35)11-38/h2-5,8-9,12-13,15,38H,6-7,10-11H2,1H3,(H,39,40)(H,29,31,33)/t15-/m0/s1. The van der Waals surface area contributed by atoms with Crippen molar-refractivity contribution in [3.05, 3.63) is 65.0 Å². The van der Waals surface area contributed by atoms with Crippen molar-refractivity contribution in [1.29, 1.82) is 0 Å². The number of carboxylic acid groups (broad SMARTS) is 1. The van der Waals surface area contributed by atoms with Crippen molar-refractivity contribution in [2.75, 3.05) is 36.5 Å². The monoisotopic (exact) mass is 623 g/mol. The fourth-order valence-electron chi connectivity index (χ4n) is 4.71. The smallest absolute Gasteiger partial charge is 0.407 e. The van der Waals surface area contributed by atoms with Crippen LogP contribution in [-0.4, -0.2) is 83.0 Å². The van der Waals surface area contributed by atoms with E-state index in [9.17, 15) is 15.0 Å². The molecule has 5 heterocycles. The zero-order chi connectivity index (χ0) is 28.7. The molecule has 6 rings (SSSR count). The number of pyridine rings is 2. The van der Waals surface area contributed by atoms with E-state index >= 15 is 4.39 Å². The molecule has 15 heteroatoms. The lowest BCUT2D eigenvalue weighted by molar-refractivity contribution is 0.0909. The number of amides is 1. The van der Waals surface area contributed by atoms with Crippen LogP contribution in [0, 0.1) is 12.7 Å². The highest BCUT2D eigenvalue weighted by Gasteiger charge is 2.31. The first-order valence-electron chi connectivity index (χ1n) is 12.5. The molecule has 1 aromatic carbocycles. The molecule has 0 aliphatic carbocycles. The molecule has 0 saturated carbocycles. The van der Waals surface area contributed by atoms with E-state index in [1.165, 1.54) is 17.6 Å². The number of ether oxygens (including phenoxy) is 1. The van der Waals surface area contributed by atoms with Crippen molar-refractivity contribution in [1.82, 2.24) is 34.4 Å². The maximum absolute atomic E-state index is 15.5. The van der Waals surface area contributed by atoms with Crippen molar-refractivity contribution < 1.29 is 24.1 Å². The average molecular weight is 624 g/mol. The summed E-state index contributed by atoms with van der Waals surface area (Å²) in [6, 6.07) is 7.79. The first-order chi connectivity index (χ1) is 19.8. The van der Waals surface area contributed by atoms with Crippen molar-refractivity contribution in [3.8, 4) is 11.5 Å². The Balaban J connectivity index is 1.28. The number of aromatic nitrogens is 6. The maximum Gasteiger partial charge on any atom is 0.407 e. The number of fused-ring (bicyclic) bond motifs is 2. The minimum Gasteiger partial charge on any atom is -0.465 e. The Morgan fingerprint density at radius 3 is 2.85 bits per heavy atom. The van der Waals surface area contributed by atoms with E-state index in [2.05, 4.69) is 41.3 Å². The third-order valence-corrected chi connectivity index (χ3v) is 7.44. The van der Waals surface area contributed by atoms with Gasteiger partial charge in [-0.05, 0) is 47.1 Å². The van der Waals surface area contributed by atoms with E-state index in [0.717, 1.165) is 0 Å². The highest BCUT2D eigenvalue weighted by molar-refractivity contribution is 9.10. The van der Waals surface area contributed by atoms with Gasteiger partial charge in [-0.25, -0.2) is 33.6 Å². The minimum atomic E-state index is -1.08. The Morgan fingerprint density at radius 2 is 2.05 bits per heavy atom. The van der Waals surface area contributed by atoms with Gasteiger partial charge in [-0.3, -0.25) is 4.90 Å². The van der Waals surface area contributed by atoms with Crippen LogP contribution in [0.3, 0.4) is 0 Å². The number of benzene rings is 1. The van der Waals surface area contributed by atoms with Crippen LogP contribution in [0.5, 0.6) is 11.5 Å². The lowest BCUT2D eigenvalue weighted by atomic mass is 10.1. The molecule has 5 aromatic rings. The fourth-order valence-corrected chi connectivity index (χ4v) is 5.27. The zero-order valence-corrected chi connectivity index (χ0v) is 23.2. The summed E-state index contributed by atoms with van der Waals surface area (Å²) in [5.74, 6) is 1.13. The van der Waals surface area contributed by atoms with Gasteiger partial charge < -0.3 is 25.2 Å². The van der Waals surface area contributed by atoms with Crippen LogP contribution in [0.4, 0.5) is 26.5 Å². The second kappa shape index (κ2) is 10.7. The van der Waals surface area contributed by atoms with Crippen molar-refractivity contribution in [2.24, 2.45) is 0 Å². The Bertz CT molecular complexity index is 1790. The van der Waals surface area contributed by atoms with Crippen molar-refractivity contribution >= 4 is 56.0 Å². The predicted octanol–water partition coefficient (Wildman–Crippen LogP) is 3.97. The van der Waals surface area contributed by atoms with Gasteiger partial charge in [0.1, 0.15) is 35.5 Å². The van der Waals surface area contributed by atoms with Gasteiger partial charge in [0.05, 0.1) is 28.3 Å². The molecule has 0 radical (unpaired) electrons. The summed E-state index contributed by atoms with van der Waals surface area (Å²) >= 11 is 3.54. The molecule has 3 N–H and O–H groups in total. The molecule has 1 saturated heterocycles. The van der Waals surface area contributed by atoms with Crippen LogP contribution < -0.4 is 15.0 Å². The summed E-state index contributed by atoms with van der Waals surface area (Å²) in [5, 5.41) is 26.3. The van der Waals surface area contributed by atoms with Gasteiger partial charge in [0, 0.05) is 37.5 Å². The van der Waals surface area contributed by atoms with E-state index in [4.69, 9.17) is 9.72 Å². The van der Waals surface area contributed by atoms with E-state index in [1.807, 2.05) is 4.90 Å². The summed E-state index contributed by atoms with van der Waals surface area (Å²) in [5.41, 5.74) is 1.97. The molecule has 4 aromatic heterocycles. The number of nitrogens with zero attached hydrogens (tertiary/aromatic N) is 8. The summed E-state index contributed by atoms with van der Waals surface area (Å²) in [6.45, 7) is 2.11. The van der Waals surface area contributed by atoms with Gasteiger partial charge in [-0.15, -0.1) is 0 Å². The molecule has 210 valence electrons. The molecule has 0 spiro atoms. The van der Waals surface area contributed by atoms with Crippen LogP contribution in [0.15, 0.2) is 53.7 Å². The normalized spacial score (nSPS) is 15.5. The Morgan fingerprint density at radius 1 is 1.20 bits per heavy atom. The molecule has 0 unspecified atom stereocenters. The number of hydrogen-bond acceptors (Lipinski definition) is 10. The van der Waals surface area contributed by atoms with Crippen LogP contribution in [0.25, 0.3) is 16.7 Å². The highest BCUT2D eigenvalue weighted by Crippen LogP contribution is 2.35. The van der Waals surface area contributed by atoms with Crippen molar-refractivity contribution in [2.45, 2.75) is 13.0 Å². The van der Waals surface area contributed by atoms with Gasteiger partial charge >= 0.3 is 6.09 Å². The van der Waals surface area contributed by atoms with Gasteiger partial charge in [0.2, 0.25) is 0 Å². The first kappa shape index (κ1) is 26.6. The molecule has 1 atom stereocenters. The van der Waals surface area contributed by atoms with E-state index in [0.29, 0.717) is 45.0 Å². The van der Waals surface area contributed by atoms with Gasteiger partial charge in [0.15, 0.2) is 17.3 Å². The number of hydrogen-bond donors (Lipinski definition) is 3. The second-order valence-corrected chi connectivity index (χ2v) is 10.2. The summed E-state index contributed by atoms with van der Waals surface area (Å²) in [6.07, 6.45) is 3.41. The molecule has 1 amide bonds. The number of piperazine rings is 1. The maximum atomic E-state index is 15.5. The number of carbonyl (C=O) groups is 1. The third kappa shape index (κ3) is 5.04.